The Morgan fingerprint density at radius 1 is 0.905 bits per heavy atom. The molecule has 1 rings (SSSR count). The summed E-state index contributed by atoms with van der Waals surface area (Å²) >= 11 is 0. The summed E-state index contributed by atoms with van der Waals surface area (Å²) in [6.45, 7) is 10.6. The Kier molecular flexibility index (Phi) is 8.79. The van der Waals surface area contributed by atoms with Crippen LogP contribution >= 0.6 is 0 Å². The molecule has 0 aliphatic heterocycles. The largest absolute Gasteiger partial charge is 0.370 e. The third-order valence-electron chi connectivity index (χ3n) is 3.63. The summed E-state index contributed by atoms with van der Waals surface area (Å²) in [7, 11) is 0. The predicted octanol–water partition coefficient (Wildman–Crippen LogP) is 4.80. The Morgan fingerprint density at radius 2 is 1.52 bits per heavy atom. The highest BCUT2D eigenvalue weighted by Gasteiger charge is 2.13. The Hall–Kier alpha value is -1.32. The Morgan fingerprint density at radius 3 is 2.14 bits per heavy atom. The fourth-order valence-corrected chi connectivity index (χ4v) is 2.50. The third-order valence-corrected chi connectivity index (χ3v) is 3.63. The molecule has 0 spiro atoms. The van der Waals surface area contributed by atoms with Crippen LogP contribution in [0.5, 0.6) is 0 Å². The van der Waals surface area contributed by atoms with Gasteiger partial charge in [-0.25, -0.2) is 9.97 Å². The lowest BCUT2D eigenvalue weighted by Crippen LogP contribution is -2.12. The SMILES string of the molecule is CCCCCCCCNc1ncnc(NCC)c1C(C)C. The van der Waals surface area contributed by atoms with E-state index in [0.29, 0.717) is 5.92 Å². The molecule has 21 heavy (non-hydrogen) atoms. The van der Waals surface area contributed by atoms with Gasteiger partial charge in [0.15, 0.2) is 0 Å². The van der Waals surface area contributed by atoms with E-state index < -0.39 is 0 Å². The minimum atomic E-state index is 0.410. The molecule has 4 heteroatoms. The number of hydrogen-bond donors (Lipinski definition) is 2. The Balaban J connectivity index is 2.48. The molecule has 0 radical (unpaired) electrons. The van der Waals surface area contributed by atoms with Crippen molar-refractivity contribution in [1.82, 2.24) is 9.97 Å². The highest BCUT2D eigenvalue weighted by molar-refractivity contribution is 5.58. The minimum absolute atomic E-state index is 0.410. The third kappa shape index (κ3) is 6.32. The van der Waals surface area contributed by atoms with Gasteiger partial charge in [0.05, 0.1) is 0 Å². The van der Waals surface area contributed by atoms with Crippen molar-refractivity contribution in [1.29, 1.82) is 0 Å². The van der Waals surface area contributed by atoms with E-state index >= 15 is 0 Å². The number of unbranched alkanes of at least 4 members (excludes halogenated alkanes) is 5. The van der Waals surface area contributed by atoms with E-state index in [0.717, 1.165) is 24.7 Å². The summed E-state index contributed by atoms with van der Waals surface area (Å²) in [5.41, 5.74) is 1.20. The molecule has 0 aliphatic carbocycles. The molecule has 4 nitrogen and oxygen atoms in total. The van der Waals surface area contributed by atoms with Crippen LogP contribution in [0.15, 0.2) is 6.33 Å². The van der Waals surface area contributed by atoms with Crippen LogP contribution < -0.4 is 10.6 Å². The van der Waals surface area contributed by atoms with Gasteiger partial charge in [0.1, 0.15) is 18.0 Å². The quantitative estimate of drug-likeness (QED) is 0.575. The van der Waals surface area contributed by atoms with Gasteiger partial charge in [0.25, 0.3) is 0 Å². The Labute approximate surface area is 130 Å². The molecule has 0 fully saturated rings. The normalized spacial score (nSPS) is 10.9. The van der Waals surface area contributed by atoms with Gasteiger partial charge in [-0.1, -0.05) is 52.9 Å². The molecule has 1 aromatic heterocycles. The molecule has 0 aromatic carbocycles. The zero-order valence-electron chi connectivity index (χ0n) is 14.2. The van der Waals surface area contributed by atoms with Crippen LogP contribution in [0.2, 0.25) is 0 Å². The molecule has 0 amide bonds. The van der Waals surface area contributed by atoms with Crippen molar-refractivity contribution in [2.24, 2.45) is 0 Å². The molecule has 0 bridgehead atoms. The molecule has 0 saturated carbocycles. The van der Waals surface area contributed by atoms with Crippen LogP contribution in [0.25, 0.3) is 0 Å². The standard InChI is InChI=1S/C17H32N4/c1-5-7-8-9-10-11-12-19-17-15(14(3)4)16(18-6-2)20-13-21-17/h13-14H,5-12H2,1-4H3,(H2,18,19,20,21). The predicted molar refractivity (Wildman–Crippen MR) is 92.2 cm³/mol. The van der Waals surface area contributed by atoms with E-state index in [1.807, 2.05) is 0 Å². The number of aromatic nitrogens is 2. The van der Waals surface area contributed by atoms with Crippen molar-refractivity contribution < 1.29 is 0 Å². The van der Waals surface area contributed by atoms with Crippen LogP contribution in [-0.4, -0.2) is 23.1 Å². The van der Waals surface area contributed by atoms with Crippen molar-refractivity contribution in [2.45, 2.75) is 72.1 Å². The molecular weight excluding hydrogens is 260 g/mol. The first kappa shape index (κ1) is 17.7. The summed E-state index contributed by atoms with van der Waals surface area (Å²) < 4.78 is 0. The average Bonchev–Trinajstić information content (AvgIpc) is 2.46. The lowest BCUT2D eigenvalue weighted by Gasteiger charge is -2.17. The monoisotopic (exact) mass is 292 g/mol. The average molecular weight is 292 g/mol. The van der Waals surface area contributed by atoms with Crippen LogP contribution in [0.4, 0.5) is 11.6 Å². The van der Waals surface area contributed by atoms with E-state index in [1.165, 1.54) is 44.1 Å². The maximum Gasteiger partial charge on any atom is 0.134 e. The van der Waals surface area contributed by atoms with Crippen LogP contribution in [-0.2, 0) is 0 Å². The molecule has 0 unspecified atom stereocenters. The number of nitrogens with zero attached hydrogens (tertiary/aromatic N) is 2. The van der Waals surface area contributed by atoms with Gasteiger partial charge in [0, 0.05) is 18.7 Å². The van der Waals surface area contributed by atoms with Crippen LogP contribution in [0.3, 0.4) is 0 Å². The van der Waals surface area contributed by atoms with Crippen molar-refractivity contribution in [2.75, 3.05) is 23.7 Å². The molecule has 120 valence electrons. The van der Waals surface area contributed by atoms with E-state index in [-0.39, 0.29) is 0 Å². The summed E-state index contributed by atoms with van der Waals surface area (Å²) in [5.74, 6) is 2.37. The highest BCUT2D eigenvalue weighted by Crippen LogP contribution is 2.28. The fourth-order valence-electron chi connectivity index (χ4n) is 2.50. The van der Waals surface area contributed by atoms with Crippen molar-refractivity contribution in [3.8, 4) is 0 Å². The summed E-state index contributed by atoms with van der Waals surface area (Å²) in [4.78, 5) is 8.79. The fraction of sp³-hybridized carbons (Fsp3) is 0.765. The first-order valence-corrected chi connectivity index (χ1v) is 8.53. The molecular formula is C17H32N4. The van der Waals surface area contributed by atoms with Crippen molar-refractivity contribution in [3.63, 3.8) is 0 Å². The maximum absolute atomic E-state index is 4.43. The Bertz CT molecular complexity index is 390. The highest BCUT2D eigenvalue weighted by atomic mass is 15.1. The summed E-state index contributed by atoms with van der Waals surface area (Å²) in [6, 6.07) is 0. The second kappa shape index (κ2) is 10.4. The molecule has 0 atom stereocenters. The summed E-state index contributed by atoms with van der Waals surface area (Å²) in [6.07, 6.45) is 9.54. The molecule has 2 N–H and O–H groups in total. The first-order valence-electron chi connectivity index (χ1n) is 8.53. The van der Waals surface area contributed by atoms with Crippen molar-refractivity contribution >= 4 is 11.6 Å². The smallest absolute Gasteiger partial charge is 0.134 e. The van der Waals surface area contributed by atoms with Crippen LogP contribution in [0.1, 0.15) is 77.7 Å². The van der Waals surface area contributed by atoms with Gasteiger partial charge in [-0.15, -0.1) is 0 Å². The van der Waals surface area contributed by atoms with Gasteiger partial charge in [0.2, 0.25) is 0 Å². The van der Waals surface area contributed by atoms with Gasteiger partial charge in [-0.2, -0.15) is 0 Å². The second-order valence-electron chi connectivity index (χ2n) is 5.86. The van der Waals surface area contributed by atoms with E-state index in [9.17, 15) is 0 Å². The number of hydrogen-bond acceptors (Lipinski definition) is 4. The lowest BCUT2D eigenvalue weighted by molar-refractivity contribution is 0.616. The van der Waals surface area contributed by atoms with Gasteiger partial charge in [-0.3, -0.25) is 0 Å². The van der Waals surface area contributed by atoms with Crippen molar-refractivity contribution in [3.05, 3.63) is 11.9 Å². The zero-order valence-corrected chi connectivity index (χ0v) is 14.2. The van der Waals surface area contributed by atoms with Crippen LogP contribution in [0, 0.1) is 0 Å². The maximum atomic E-state index is 4.43. The first-order chi connectivity index (χ1) is 10.2. The second-order valence-corrected chi connectivity index (χ2v) is 5.86. The topological polar surface area (TPSA) is 49.8 Å². The lowest BCUT2D eigenvalue weighted by atomic mass is 10.0. The summed E-state index contributed by atoms with van der Waals surface area (Å²) in [5, 5.41) is 6.82. The van der Waals surface area contributed by atoms with Gasteiger partial charge >= 0.3 is 0 Å². The number of nitrogens with one attached hydrogen (secondary N) is 2. The van der Waals surface area contributed by atoms with E-state index in [1.54, 1.807) is 6.33 Å². The molecule has 1 aromatic rings. The number of anilines is 2. The minimum Gasteiger partial charge on any atom is -0.370 e. The molecule has 0 saturated heterocycles. The molecule has 1 heterocycles. The van der Waals surface area contributed by atoms with E-state index in [2.05, 4.69) is 48.3 Å². The zero-order chi connectivity index (χ0) is 15.5. The molecule has 0 aliphatic rings. The van der Waals surface area contributed by atoms with E-state index in [4.69, 9.17) is 0 Å². The van der Waals surface area contributed by atoms with Gasteiger partial charge < -0.3 is 10.6 Å². The van der Waals surface area contributed by atoms with Gasteiger partial charge in [-0.05, 0) is 19.3 Å². The number of rotatable bonds is 11.